The Bertz CT molecular complexity index is 739. The van der Waals surface area contributed by atoms with Crippen molar-refractivity contribution in [1.29, 1.82) is 0 Å². The molecule has 1 aromatic heterocycles. The Labute approximate surface area is 115 Å². The van der Waals surface area contributed by atoms with Gasteiger partial charge in [-0.05, 0) is 18.1 Å². The van der Waals surface area contributed by atoms with E-state index in [1.807, 2.05) is 6.07 Å². The predicted molar refractivity (Wildman–Crippen MR) is 72.9 cm³/mol. The van der Waals surface area contributed by atoms with Crippen LogP contribution in [0, 0.1) is 0 Å². The summed E-state index contributed by atoms with van der Waals surface area (Å²) in [5.74, 6) is 0.451. The number of nitrogens with zero attached hydrogens (tertiary/aromatic N) is 2. The summed E-state index contributed by atoms with van der Waals surface area (Å²) in [6, 6.07) is 6.77. The van der Waals surface area contributed by atoms with E-state index < -0.39 is 9.84 Å². The molecule has 1 atom stereocenters. The Kier molecular flexibility index (Phi) is 2.79. The lowest BCUT2D eigenvalue weighted by Gasteiger charge is -2.26. The number of fused-ring (bicyclic) bond motifs is 1. The highest BCUT2D eigenvalue weighted by Gasteiger charge is 2.32. The molecule has 2 N–H and O–H groups in total. The molecule has 5 nitrogen and oxygen atoms in total. The number of nitrogens with two attached hydrogens (primary N) is 1. The fourth-order valence-corrected chi connectivity index (χ4v) is 4.16. The van der Waals surface area contributed by atoms with Crippen molar-refractivity contribution in [3.8, 4) is 0 Å². The average Bonchev–Trinajstić information content (AvgIpc) is 2.71. The van der Waals surface area contributed by atoms with Crippen molar-refractivity contribution in [1.82, 2.24) is 9.78 Å². The van der Waals surface area contributed by atoms with Gasteiger partial charge in [0.1, 0.15) is 10.8 Å². The Balaban J connectivity index is 2.19. The van der Waals surface area contributed by atoms with Crippen LogP contribution in [0.2, 0.25) is 5.02 Å². The molecule has 19 heavy (non-hydrogen) atoms. The van der Waals surface area contributed by atoms with Crippen molar-refractivity contribution in [2.45, 2.75) is 17.4 Å². The van der Waals surface area contributed by atoms with Gasteiger partial charge in [-0.2, -0.15) is 5.10 Å². The number of sulfone groups is 1. The van der Waals surface area contributed by atoms with Gasteiger partial charge >= 0.3 is 0 Å². The highest BCUT2D eigenvalue weighted by molar-refractivity contribution is 7.91. The first kappa shape index (κ1) is 12.5. The molecule has 1 aromatic carbocycles. The molecule has 0 radical (unpaired) electrons. The molecule has 0 bridgehead atoms. The Hall–Kier alpha value is -1.53. The average molecular weight is 298 g/mol. The zero-order valence-corrected chi connectivity index (χ0v) is 11.5. The van der Waals surface area contributed by atoms with Crippen LogP contribution in [-0.2, 0) is 9.84 Å². The first-order valence-electron chi connectivity index (χ1n) is 5.81. The van der Waals surface area contributed by atoms with E-state index in [0.717, 1.165) is 5.56 Å². The van der Waals surface area contributed by atoms with Crippen LogP contribution in [0.5, 0.6) is 0 Å². The lowest BCUT2D eigenvalue weighted by atomic mass is 10.0. The van der Waals surface area contributed by atoms with E-state index in [0.29, 0.717) is 22.2 Å². The van der Waals surface area contributed by atoms with Crippen molar-refractivity contribution < 1.29 is 8.42 Å². The summed E-state index contributed by atoms with van der Waals surface area (Å²) in [7, 11) is -3.20. The molecule has 0 saturated carbocycles. The van der Waals surface area contributed by atoms with E-state index in [9.17, 15) is 8.42 Å². The molecular formula is C12H12ClN3O2S. The monoisotopic (exact) mass is 297 g/mol. The third kappa shape index (κ3) is 1.91. The smallest absolute Gasteiger partial charge is 0.178 e. The summed E-state index contributed by atoms with van der Waals surface area (Å²) < 4.78 is 25.7. The molecule has 0 fully saturated rings. The predicted octanol–water partition coefficient (Wildman–Crippen LogP) is 1.89. The summed E-state index contributed by atoms with van der Waals surface area (Å²) in [4.78, 5) is 0.359. The quantitative estimate of drug-likeness (QED) is 0.872. The second-order valence-corrected chi connectivity index (χ2v) is 6.97. The first-order chi connectivity index (χ1) is 9.00. The normalized spacial score (nSPS) is 21.0. The first-order valence-corrected chi connectivity index (χ1v) is 7.84. The number of anilines is 1. The van der Waals surface area contributed by atoms with Crippen molar-refractivity contribution >= 4 is 27.3 Å². The maximum atomic E-state index is 12.1. The summed E-state index contributed by atoms with van der Waals surface area (Å²) in [5, 5.41) is 4.53. The number of nitrogen functional groups attached to an aromatic ring is 1. The molecule has 2 heterocycles. The van der Waals surface area contributed by atoms with Gasteiger partial charge in [0.05, 0.1) is 22.9 Å². The van der Waals surface area contributed by atoms with Gasteiger partial charge in [0.2, 0.25) is 0 Å². The van der Waals surface area contributed by atoms with E-state index >= 15 is 0 Å². The fourth-order valence-electron chi connectivity index (χ4n) is 2.42. The Morgan fingerprint density at radius 3 is 2.79 bits per heavy atom. The summed E-state index contributed by atoms with van der Waals surface area (Å²) in [6.45, 7) is 0. The van der Waals surface area contributed by atoms with Gasteiger partial charge in [0.15, 0.2) is 9.84 Å². The van der Waals surface area contributed by atoms with E-state index in [2.05, 4.69) is 5.10 Å². The Morgan fingerprint density at radius 1 is 1.37 bits per heavy atom. The molecule has 0 saturated heterocycles. The van der Waals surface area contributed by atoms with E-state index in [1.165, 1.54) is 6.20 Å². The van der Waals surface area contributed by atoms with Gasteiger partial charge in [-0.3, -0.25) is 0 Å². The lowest BCUT2D eigenvalue weighted by molar-refractivity contribution is 0.489. The van der Waals surface area contributed by atoms with E-state index in [1.54, 1.807) is 22.9 Å². The van der Waals surface area contributed by atoms with Crippen molar-refractivity contribution in [2.24, 2.45) is 0 Å². The molecule has 3 rings (SSSR count). The molecule has 1 aliphatic heterocycles. The molecule has 0 spiro atoms. The van der Waals surface area contributed by atoms with E-state index in [4.69, 9.17) is 17.3 Å². The van der Waals surface area contributed by atoms with Gasteiger partial charge in [-0.15, -0.1) is 0 Å². The highest BCUT2D eigenvalue weighted by Crippen LogP contribution is 2.36. The van der Waals surface area contributed by atoms with Crippen molar-refractivity contribution in [2.75, 3.05) is 11.5 Å². The van der Waals surface area contributed by atoms with Gasteiger partial charge in [-0.1, -0.05) is 29.8 Å². The molecule has 7 heteroatoms. The van der Waals surface area contributed by atoms with Crippen LogP contribution >= 0.6 is 11.6 Å². The fraction of sp³-hybridized carbons (Fsp3) is 0.250. The minimum Gasteiger partial charge on any atom is -0.383 e. The largest absolute Gasteiger partial charge is 0.383 e. The maximum Gasteiger partial charge on any atom is 0.178 e. The van der Waals surface area contributed by atoms with Crippen LogP contribution < -0.4 is 5.73 Å². The SMILES string of the molecule is Nc1c(Cl)cnn1C1CCS(=O)(=O)c2ccccc21. The molecule has 0 amide bonds. The number of aromatic nitrogens is 2. The number of hydrogen-bond acceptors (Lipinski definition) is 4. The van der Waals surface area contributed by atoms with Gasteiger partial charge in [0, 0.05) is 0 Å². The summed E-state index contributed by atoms with van der Waals surface area (Å²) in [6.07, 6.45) is 1.92. The zero-order chi connectivity index (χ0) is 13.6. The molecule has 1 aliphatic rings. The molecular weight excluding hydrogens is 286 g/mol. The van der Waals surface area contributed by atoms with Crippen LogP contribution in [0.15, 0.2) is 35.4 Å². The molecule has 2 aromatic rings. The third-order valence-electron chi connectivity index (χ3n) is 3.36. The Morgan fingerprint density at radius 2 is 2.11 bits per heavy atom. The number of hydrogen-bond donors (Lipinski definition) is 1. The minimum atomic E-state index is -3.20. The van der Waals surface area contributed by atoms with Crippen LogP contribution in [0.1, 0.15) is 18.0 Å². The number of halogens is 1. The second kappa shape index (κ2) is 4.25. The van der Waals surface area contributed by atoms with E-state index in [-0.39, 0.29) is 11.8 Å². The third-order valence-corrected chi connectivity index (χ3v) is 5.46. The van der Waals surface area contributed by atoms with Crippen LogP contribution in [-0.4, -0.2) is 24.0 Å². The van der Waals surface area contributed by atoms with Crippen molar-refractivity contribution in [3.05, 3.63) is 41.0 Å². The highest BCUT2D eigenvalue weighted by atomic mass is 35.5. The molecule has 0 aliphatic carbocycles. The minimum absolute atomic E-state index is 0.0889. The van der Waals surface area contributed by atoms with Crippen molar-refractivity contribution in [3.63, 3.8) is 0 Å². The van der Waals surface area contributed by atoms with Crippen LogP contribution in [0.3, 0.4) is 0 Å². The number of benzene rings is 1. The van der Waals surface area contributed by atoms with Gasteiger partial charge in [0.25, 0.3) is 0 Å². The number of rotatable bonds is 1. The summed E-state index contributed by atoms with van der Waals surface area (Å²) >= 11 is 5.91. The topological polar surface area (TPSA) is 78.0 Å². The van der Waals surface area contributed by atoms with Gasteiger partial charge < -0.3 is 5.73 Å². The summed E-state index contributed by atoms with van der Waals surface area (Å²) in [5.41, 5.74) is 6.60. The maximum absolute atomic E-state index is 12.1. The lowest BCUT2D eigenvalue weighted by Crippen LogP contribution is -2.25. The molecule has 1 unspecified atom stereocenters. The standard InChI is InChI=1S/C12H12ClN3O2S/c13-9-7-15-16(12(9)14)10-5-6-19(17,18)11-4-2-1-3-8(10)11/h1-4,7,10H,5-6,14H2. The van der Waals surface area contributed by atoms with Gasteiger partial charge in [-0.25, -0.2) is 13.1 Å². The second-order valence-electron chi connectivity index (χ2n) is 4.48. The van der Waals surface area contributed by atoms with Crippen LogP contribution in [0.25, 0.3) is 0 Å². The van der Waals surface area contributed by atoms with Crippen LogP contribution in [0.4, 0.5) is 5.82 Å². The molecule has 100 valence electrons. The zero-order valence-electron chi connectivity index (χ0n) is 9.95.